The van der Waals surface area contributed by atoms with Crippen LogP contribution in [0, 0.1) is 5.92 Å². The van der Waals surface area contributed by atoms with Crippen molar-refractivity contribution in [2.45, 2.75) is 19.3 Å². The summed E-state index contributed by atoms with van der Waals surface area (Å²) in [6.45, 7) is 2.29. The monoisotopic (exact) mass is 297 g/mol. The van der Waals surface area contributed by atoms with Gasteiger partial charge in [0.1, 0.15) is 5.82 Å². The molecular formula is C17H19N3S. The molecule has 2 N–H and O–H groups in total. The van der Waals surface area contributed by atoms with Gasteiger partial charge in [-0.05, 0) is 49.4 Å². The van der Waals surface area contributed by atoms with Crippen molar-refractivity contribution < 1.29 is 0 Å². The number of nitrogens with one attached hydrogen (secondary N) is 2. The number of hydrogen-bond donors (Lipinski definition) is 2. The van der Waals surface area contributed by atoms with Gasteiger partial charge in [-0.15, -0.1) is 11.3 Å². The molecule has 0 saturated carbocycles. The van der Waals surface area contributed by atoms with Crippen LogP contribution in [-0.2, 0) is 6.42 Å². The van der Waals surface area contributed by atoms with Crippen LogP contribution < -0.4 is 5.32 Å². The predicted octanol–water partition coefficient (Wildman–Crippen LogP) is 3.83. The smallest absolute Gasteiger partial charge is 0.106 e. The van der Waals surface area contributed by atoms with Crippen molar-refractivity contribution in [2.24, 2.45) is 5.92 Å². The molecule has 1 aliphatic heterocycles. The van der Waals surface area contributed by atoms with E-state index >= 15 is 0 Å². The van der Waals surface area contributed by atoms with Gasteiger partial charge in [-0.25, -0.2) is 4.98 Å². The van der Waals surface area contributed by atoms with Gasteiger partial charge in [0.05, 0.1) is 16.8 Å². The summed E-state index contributed by atoms with van der Waals surface area (Å²) in [7, 11) is 0. The second kappa shape index (κ2) is 5.62. The van der Waals surface area contributed by atoms with Crippen LogP contribution in [-0.4, -0.2) is 23.1 Å². The molecule has 0 unspecified atom stereocenters. The molecule has 4 rings (SSSR count). The Bertz CT molecular complexity index is 704. The molecule has 21 heavy (non-hydrogen) atoms. The molecule has 108 valence electrons. The molecule has 0 bridgehead atoms. The van der Waals surface area contributed by atoms with Gasteiger partial charge in [-0.1, -0.05) is 18.2 Å². The number of hydrogen-bond acceptors (Lipinski definition) is 3. The SMILES string of the molecule is c1ccc2sc(-c3cnc(CC4CCNCC4)[nH]3)cc2c1. The van der Waals surface area contributed by atoms with Crippen molar-refractivity contribution in [3.63, 3.8) is 0 Å². The normalized spacial score (nSPS) is 16.6. The zero-order chi connectivity index (χ0) is 14.1. The number of imidazole rings is 1. The van der Waals surface area contributed by atoms with E-state index in [1.54, 1.807) is 0 Å². The minimum atomic E-state index is 0.771. The van der Waals surface area contributed by atoms with E-state index < -0.39 is 0 Å². The molecule has 1 aliphatic rings. The van der Waals surface area contributed by atoms with Gasteiger partial charge >= 0.3 is 0 Å². The highest BCUT2D eigenvalue weighted by Crippen LogP contribution is 2.32. The number of aromatic nitrogens is 2. The topological polar surface area (TPSA) is 40.7 Å². The molecule has 4 heteroatoms. The first-order valence-corrected chi connectivity index (χ1v) is 8.44. The van der Waals surface area contributed by atoms with E-state index in [-0.39, 0.29) is 0 Å². The number of fused-ring (bicyclic) bond motifs is 1. The number of thiophene rings is 1. The number of benzene rings is 1. The summed E-state index contributed by atoms with van der Waals surface area (Å²) >= 11 is 1.83. The lowest BCUT2D eigenvalue weighted by molar-refractivity contribution is 0.368. The minimum Gasteiger partial charge on any atom is -0.341 e. The average Bonchev–Trinajstić information content (AvgIpc) is 3.14. The molecule has 3 aromatic rings. The molecule has 0 spiro atoms. The van der Waals surface area contributed by atoms with Crippen molar-refractivity contribution in [1.82, 2.24) is 15.3 Å². The number of nitrogens with zero attached hydrogens (tertiary/aromatic N) is 1. The fourth-order valence-corrected chi connectivity index (χ4v) is 4.09. The van der Waals surface area contributed by atoms with E-state index in [0.717, 1.165) is 36.9 Å². The van der Waals surface area contributed by atoms with Crippen LogP contribution in [0.1, 0.15) is 18.7 Å². The molecule has 1 saturated heterocycles. The fraction of sp³-hybridized carbons (Fsp3) is 0.353. The summed E-state index contributed by atoms with van der Waals surface area (Å²) in [4.78, 5) is 9.38. The fourth-order valence-electron chi connectivity index (χ4n) is 3.07. The average molecular weight is 297 g/mol. The number of piperidine rings is 1. The maximum absolute atomic E-state index is 4.59. The van der Waals surface area contributed by atoms with Crippen LogP contribution in [0.4, 0.5) is 0 Å². The Hall–Kier alpha value is -1.65. The number of H-pyrrole nitrogens is 1. The predicted molar refractivity (Wildman–Crippen MR) is 88.7 cm³/mol. The first kappa shape index (κ1) is 13.0. The Morgan fingerprint density at radius 2 is 2.05 bits per heavy atom. The highest BCUT2D eigenvalue weighted by Gasteiger charge is 2.15. The lowest BCUT2D eigenvalue weighted by Gasteiger charge is -2.21. The molecule has 0 aliphatic carbocycles. The molecule has 3 nitrogen and oxygen atoms in total. The summed E-state index contributed by atoms with van der Waals surface area (Å²) in [5.41, 5.74) is 1.15. The third-order valence-corrected chi connectivity index (χ3v) is 5.41. The molecule has 1 aromatic carbocycles. The van der Waals surface area contributed by atoms with E-state index in [4.69, 9.17) is 0 Å². The summed E-state index contributed by atoms with van der Waals surface area (Å²) < 4.78 is 1.34. The highest BCUT2D eigenvalue weighted by molar-refractivity contribution is 7.22. The van der Waals surface area contributed by atoms with Gasteiger partial charge < -0.3 is 10.3 Å². The summed E-state index contributed by atoms with van der Waals surface area (Å²) in [6, 6.07) is 10.8. The van der Waals surface area contributed by atoms with Crippen LogP contribution >= 0.6 is 11.3 Å². The Labute approximate surface area is 128 Å². The summed E-state index contributed by atoms with van der Waals surface area (Å²) in [6.07, 6.45) is 5.59. The summed E-state index contributed by atoms with van der Waals surface area (Å²) in [5.74, 6) is 1.90. The van der Waals surface area contributed by atoms with Gasteiger partial charge in [0.25, 0.3) is 0 Å². The van der Waals surface area contributed by atoms with E-state index in [1.165, 1.54) is 27.8 Å². The molecule has 2 aromatic heterocycles. The third-order valence-electron chi connectivity index (χ3n) is 4.26. The molecule has 3 heterocycles. The lowest BCUT2D eigenvalue weighted by Crippen LogP contribution is -2.28. The molecule has 0 radical (unpaired) electrons. The van der Waals surface area contributed by atoms with Crippen LogP contribution in [0.25, 0.3) is 20.7 Å². The maximum atomic E-state index is 4.59. The number of rotatable bonds is 3. The van der Waals surface area contributed by atoms with Crippen molar-refractivity contribution in [2.75, 3.05) is 13.1 Å². The third kappa shape index (κ3) is 2.74. The van der Waals surface area contributed by atoms with Crippen LogP contribution in [0.15, 0.2) is 36.5 Å². The van der Waals surface area contributed by atoms with Gasteiger partial charge in [0, 0.05) is 11.1 Å². The first-order valence-electron chi connectivity index (χ1n) is 7.62. The standard InChI is InChI=1S/C17H19N3S/c1-2-4-15-13(3-1)10-16(21-15)14-11-19-17(20-14)9-12-5-7-18-8-6-12/h1-4,10-12,18H,5-9H2,(H,19,20). The Balaban J connectivity index is 1.55. The van der Waals surface area contributed by atoms with Gasteiger partial charge in [-0.2, -0.15) is 0 Å². The van der Waals surface area contributed by atoms with Gasteiger partial charge in [-0.3, -0.25) is 0 Å². The number of aromatic amines is 1. The van der Waals surface area contributed by atoms with Crippen LogP contribution in [0.5, 0.6) is 0 Å². The Morgan fingerprint density at radius 3 is 2.90 bits per heavy atom. The van der Waals surface area contributed by atoms with Crippen molar-refractivity contribution in [3.8, 4) is 10.6 Å². The van der Waals surface area contributed by atoms with Gasteiger partial charge in [0.15, 0.2) is 0 Å². The van der Waals surface area contributed by atoms with Gasteiger partial charge in [0.2, 0.25) is 0 Å². The zero-order valence-electron chi connectivity index (χ0n) is 11.9. The maximum Gasteiger partial charge on any atom is 0.106 e. The first-order chi connectivity index (χ1) is 10.4. The molecule has 0 amide bonds. The largest absolute Gasteiger partial charge is 0.341 e. The zero-order valence-corrected chi connectivity index (χ0v) is 12.7. The van der Waals surface area contributed by atoms with Crippen molar-refractivity contribution in [1.29, 1.82) is 0 Å². The minimum absolute atomic E-state index is 0.771. The molecule has 1 fully saturated rings. The van der Waals surface area contributed by atoms with Crippen LogP contribution in [0.2, 0.25) is 0 Å². The second-order valence-electron chi connectivity index (χ2n) is 5.79. The Morgan fingerprint density at radius 1 is 1.19 bits per heavy atom. The lowest BCUT2D eigenvalue weighted by atomic mass is 9.94. The quantitative estimate of drug-likeness (QED) is 0.771. The van der Waals surface area contributed by atoms with E-state index in [9.17, 15) is 0 Å². The van der Waals surface area contributed by atoms with Crippen molar-refractivity contribution >= 4 is 21.4 Å². The second-order valence-corrected chi connectivity index (χ2v) is 6.87. The molecular weight excluding hydrogens is 278 g/mol. The molecule has 0 atom stereocenters. The van der Waals surface area contributed by atoms with E-state index in [0.29, 0.717) is 0 Å². The summed E-state index contributed by atoms with van der Waals surface area (Å²) in [5, 5.41) is 4.73. The van der Waals surface area contributed by atoms with Crippen LogP contribution in [0.3, 0.4) is 0 Å². The van der Waals surface area contributed by atoms with E-state index in [1.807, 2.05) is 17.5 Å². The van der Waals surface area contributed by atoms with E-state index in [2.05, 4.69) is 45.6 Å². The highest BCUT2D eigenvalue weighted by atomic mass is 32.1. The Kier molecular flexibility index (Phi) is 3.49. The van der Waals surface area contributed by atoms with Crippen molar-refractivity contribution in [3.05, 3.63) is 42.4 Å².